The van der Waals surface area contributed by atoms with Gasteiger partial charge in [0.15, 0.2) is 0 Å². The molecule has 1 heterocycles. The fraction of sp³-hybridized carbons (Fsp3) is 0.400. The van der Waals surface area contributed by atoms with Crippen LogP contribution in [0.25, 0.3) is 0 Å². The fourth-order valence-electron chi connectivity index (χ4n) is 2.32. The van der Waals surface area contributed by atoms with Gasteiger partial charge in [0, 0.05) is 34.3 Å². The summed E-state index contributed by atoms with van der Waals surface area (Å²) in [5.74, 6) is 0. The summed E-state index contributed by atoms with van der Waals surface area (Å²) in [5, 5.41) is 6.80. The van der Waals surface area contributed by atoms with Crippen LogP contribution in [0.3, 0.4) is 0 Å². The molecule has 0 saturated carbocycles. The predicted octanol–water partition coefficient (Wildman–Crippen LogP) is 4.73. The standard InChI is InChI=1S/C15H17Br2ClN2/c1-20-9-12(8-19-20)6-7-15(10-16,11-17)13-4-2-3-5-14(13)18/h2-5,8-9H,6-7,10-11H2,1H3. The van der Waals surface area contributed by atoms with Gasteiger partial charge in [0.05, 0.1) is 6.20 Å². The van der Waals surface area contributed by atoms with Gasteiger partial charge >= 0.3 is 0 Å². The normalized spacial score (nSPS) is 11.8. The van der Waals surface area contributed by atoms with E-state index in [1.165, 1.54) is 11.1 Å². The zero-order valence-electron chi connectivity index (χ0n) is 11.3. The Morgan fingerprint density at radius 2 is 1.95 bits per heavy atom. The maximum Gasteiger partial charge on any atom is 0.0521 e. The monoisotopic (exact) mass is 418 g/mol. The average Bonchev–Trinajstić information content (AvgIpc) is 2.88. The van der Waals surface area contributed by atoms with Gasteiger partial charge in [-0.05, 0) is 30.0 Å². The van der Waals surface area contributed by atoms with E-state index < -0.39 is 0 Å². The van der Waals surface area contributed by atoms with Crippen molar-refractivity contribution in [2.45, 2.75) is 18.3 Å². The number of rotatable bonds is 6. The Kier molecular flexibility index (Phi) is 5.70. The minimum Gasteiger partial charge on any atom is -0.276 e. The largest absolute Gasteiger partial charge is 0.276 e. The quantitative estimate of drug-likeness (QED) is 0.618. The van der Waals surface area contributed by atoms with Crippen LogP contribution in [0.1, 0.15) is 17.5 Å². The second-order valence-corrected chi connectivity index (χ2v) is 6.58. The van der Waals surface area contributed by atoms with E-state index in [4.69, 9.17) is 11.6 Å². The molecule has 0 aliphatic heterocycles. The first kappa shape index (κ1) is 16.1. The predicted molar refractivity (Wildman–Crippen MR) is 92.2 cm³/mol. The number of aryl methyl sites for hydroxylation is 2. The van der Waals surface area contributed by atoms with E-state index in [1.807, 2.05) is 36.1 Å². The molecular weight excluding hydrogens is 403 g/mol. The van der Waals surface area contributed by atoms with Crippen molar-refractivity contribution in [1.29, 1.82) is 0 Å². The Labute approximate surface area is 141 Å². The first-order valence-electron chi connectivity index (χ1n) is 6.46. The van der Waals surface area contributed by atoms with Gasteiger partial charge in [-0.2, -0.15) is 5.10 Å². The van der Waals surface area contributed by atoms with E-state index in [9.17, 15) is 0 Å². The molecule has 0 bridgehead atoms. The zero-order valence-corrected chi connectivity index (χ0v) is 15.2. The molecule has 0 N–H and O–H groups in total. The number of nitrogens with zero attached hydrogens (tertiary/aromatic N) is 2. The fourth-order valence-corrected chi connectivity index (χ4v) is 4.75. The molecule has 0 aliphatic carbocycles. The first-order valence-corrected chi connectivity index (χ1v) is 9.08. The van der Waals surface area contributed by atoms with E-state index in [2.05, 4.69) is 49.2 Å². The first-order chi connectivity index (χ1) is 9.61. The molecule has 1 aromatic heterocycles. The van der Waals surface area contributed by atoms with Crippen molar-refractivity contribution in [2.24, 2.45) is 7.05 Å². The van der Waals surface area contributed by atoms with Crippen molar-refractivity contribution in [2.75, 3.05) is 10.7 Å². The molecule has 108 valence electrons. The van der Waals surface area contributed by atoms with Gasteiger partial charge in [-0.3, -0.25) is 4.68 Å². The third-order valence-corrected chi connectivity index (χ3v) is 6.08. The van der Waals surface area contributed by atoms with Crippen LogP contribution in [0.2, 0.25) is 5.02 Å². The van der Waals surface area contributed by atoms with Crippen molar-refractivity contribution in [3.8, 4) is 0 Å². The number of hydrogen-bond donors (Lipinski definition) is 0. The third kappa shape index (κ3) is 3.46. The molecule has 0 radical (unpaired) electrons. The summed E-state index contributed by atoms with van der Waals surface area (Å²) in [7, 11) is 1.94. The Balaban J connectivity index is 2.23. The lowest BCUT2D eigenvalue weighted by atomic mass is 9.79. The van der Waals surface area contributed by atoms with Gasteiger partial charge in [0.25, 0.3) is 0 Å². The lowest BCUT2D eigenvalue weighted by molar-refractivity contribution is 0.505. The van der Waals surface area contributed by atoms with Crippen LogP contribution < -0.4 is 0 Å². The molecule has 2 rings (SSSR count). The molecule has 0 aliphatic rings. The van der Waals surface area contributed by atoms with Crippen LogP contribution in [-0.4, -0.2) is 20.4 Å². The van der Waals surface area contributed by atoms with Gasteiger partial charge in [0.2, 0.25) is 0 Å². The molecule has 1 aromatic carbocycles. The summed E-state index contributed by atoms with van der Waals surface area (Å²) in [4.78, 5) is 0. The Morgan fingerprint density at radius 3 is 2.50 bits per heavy atom. The molecule has 0 saturated heterocycles. The summed E-state index contributed by atoms with van der Waals surface area (Å²) in [6.07, 6.45) is 5.99. The van der Waals surface area contributed by atoms with Crippen molar-refractivity contribution in [3.05, 3.63) is 52.8 Å². The molecule has 0 fully saturated rings. The Bertz CT molecular complexity index is 565. The molecule has 2 aromatic rings. The molecule has 0 spiro atoms. The summed E-state index contributed by atoms with van der Waals surface area (Å²) < 4.78 is 1.84. The van der Waals surface area contributed by atoms with Crippen LogP contribution in [0.15, 0.2) is 36.7 Å². The zero-order chi connectivity index (χ0) is 14.6. The highest BCUT2D eigenvalue weighted by atomic mass is 79.9. The van der Waals surface area contributed by atoms with E-state index in [0.717, 1.165) is 28.5 Å². The highest BCUT2D eigenvalue weighted by molar-refractivity contribution is 9.09. The minimum atomic E-state index is -0.00577. The molecule has 0 amide bonds. The maximum absolute atomic E-state index is 6.39. The summed E-state index contributed by atoms with van der Waals surface area (Å²) >= 11 is 13.7. The topological polar surface area (TPSA) is 17.8 Å². The van der Waals surface area contributed by atoms with Crippen molar-refractivity contribution in [1.82, 2.24) is 9.78 Å². The Hall–Kier alpha value is -0.320. The van der Waals surface area contributed by atoms with Crippen molar-refractivity contribution in [3.63, 3.8) is 0 Å². The molecule has 2 nitrogen and oxygen atoms in total. The van der Waals surface area contributed by atoms with Crippen LogP contribution in [0.4, 0.5) is 0 Å². The smallest absolute Gasteiger partial charge is 0.0521 e. The highest BCUT2D eigenvalue weighted by Crippen LogP contribution is 2.37. The molecule has 0 atom stereocenters. The van der Waals surface area contributed by atoms with E-state index >= 15 is 0 Å². The van der Waals surface area contributed by atoms with Gasteiger partial charge in [-0.15, -0.1) is 0 Å². The second-order valence-electron chi connectivity index (χ2n) is 5.05. The van der Waals surface area contributed by atoms with Crippen LogP contribution in [0, 0.1) is 0 Å². The number of benzene rings is 1. The molecule has 20 heavy (non-hydrogen) atoms. The molecule has 5 heteroatoms. The highest BCUT2D eigenvalue weighted by Gasteiger charge is 2.31. The molecular formula is C15H17Br2ClN2. The van der Waals surface area contributed by atoms with Crippen molar-refractivity contribution >= 4 is 43.5 Å². The molecule has 0 unspecified atom stereocenters. The van der Waals surface area contributed by atoms with Crippen LogP contribution >= 0.6 is 43.5 Å². The van der Waals surface area contributed by atoms with Gasteiger partial charge in [-0.1, -0.05) is 61.7 Å². The average molecular weight is 421 g/mol. The van der Waals surface area contributed by atoms with Crippen LogP contribution in [-0.2, 0) is 18.9 Å². The lowest BCUT2D eigenvalue weighted by Crippen LogP contribution is -2.31. The number of aromatic nitrogens is 2. The summed E-state index contributed by atoms with van der Waals surface area (Å²) in [6, 6.07) is 8.10. The number of halogens is 3. The number of alkyl halides is 2. The van der Waals surface area contributed by atoms with Gasteiger partial charge in [0.1, 0.15) is 0 Å². The SMILES string of the molecule is Cn1cc(CCC(CBr)(CBr)c2ccccc2Cl)cn1. The summed E-state index contributed by atoms with van der Waals surface area (Å²) in [5.41, 5.74) is 2.44. The van der Waals surface area contributed by atoms with E-state index in [0.29, 0.717) is 0 Å². The van der Waals surface area contributed by atoms with Gasteiger partial charge in [-0.25, -0.2) is 0 Å². The van der Waals surface area contributed by atoms with Gasteiger partial charge < -0.3 is 0 Å². The minimum absolute atomic E-state index is 0.00577. The lowest BCUT2D eigenvalue weighted by Gasteiger charge is -2.31. The summed E-state index contributed by atoms with van der Waals surface area (Å²) in [6.45, 7) is 0. The third-order valence-electron chi connectivity index (χ3n) is 3.61. The van der Waals surface area contributed by atoms with E-state index in [-0.39, 0.29) is 5.41 Å². The van der Waals surface area contributed by atoms with Crippen molar-refractivity contribution < 1.29 is 0 Å². The van der Waals surface area contributed by atoms with Crippen LogP contribution in [0.5, 0.6) is 0 Å². The van der Waals surface area contributed by atoms with E-state index in [1.54, 1.807) is 0 Å². The number of hydrogen-bond acceptors (Lipinski definition) is 1. The second kappa shape index (κ2) is 7.10. The Morgan fingerprint density at radius 1 is 1.25 bits per heavy atom. The maximum atomic E-state index is 6.39.